The Bertz CT molecular complexity index is 525. The Labute approximate surface area is 129 Å². The van der Waals surface area contributed by atoms with Crippen LogP contribution in [0, 0.1) is 5.41 Å². The zero-order valence-corrected chi connectivity index (χ0v) is 13.1. The lowest BCUT2D eigenvalue weighted by atomic mass is 9.64. The summed E-state index contributed by atoms with van der Waals surface area (Å²) in [6.07, 6.45) is 4.01. The van der Waals surface area contributed by atoms with Crippen molar-refractivity contribution >= 4 is 29.1 Å². The minimum atomic E-state index is -0.892. The van der Waals surface area contributed by atoms with Crippen molar-refractivity contribution in [2.24, 2.45) is 5.41 Å². The van der Waals surface area contributed by atoms with Crippen molar-refractivity contribution in [2.75, 3.05) is 6.54 Å². The Balaban J connectivity index is 1.67. The molecule has 20 heavy (non-hydrogen) atoms. The van der Waals surface area contributed by atoms with Crippen molar-refractivity contribution in [3.63, 3.8) is 0 Å². The second-order valence-corrected chi connectivity index (χ2v) is 7.88. The van der Waals surface area contributed by atoms with Crippen LogP contribution in [0.1, 0.15) is 38.2 Å². The van der Waals surface area contributed by atoms with E-state index >= 15 is 0 Å². The van der Waals surface area contributed by atoms with E-state index in [1.165, 1.54) is 12.0 Å². The molecule has 3 rings (SSSR count). The third-order valence-electron chi connectivity index (χ3n) is 5.04. The number of nitrogens with one attached hydrogen (secondary N) is 1. The van der Waals surface area contributed by atoms with Gasteiger partial charge in [0.05, 0.1) is 5.41 Å². The van der Waals surface area contributed by atoms with Gasteiger partial charge in [0, 0.05) is 12.0 Å². The van der Waals surface area contributed by atoms with Gasteiger partial charge in [-0.15, -0.1) is 23.2 Å². The van der Waals surface area contributed by atoms with Crippen LogP contribution in [0.15, 0.2) is 30.3 Å². The summed E-state index contributed by atoms with van der Waals surface area (Å²) < 4.78 is -0.892. The maximum Gasteiger partial charge on any atom is 0.229 e. The summed E-state index contributed by atoms with van der Waals surface area (Å²) in [5.41, 5.74) is 0.789. The van der Waals surface area contributed by atoms with E-state index in [1.807, 2.05) is 13.0 Å². The van der Waals surface area contributed by atoms with Crippen LogP contribution < -0.4 is 5.32 Å². The molecular weight excluding hydrogens is 293 g/mol. The SMILES string of the molecule is CC1(C(=O)NCC2(c3ccccc3)CCC2)CC1(Cl)Cl. The highest BCUT2D eigenvalue weighted by molar-refractivity contribution is 6.53. The van der Waals surface area contributed by atoms with E-state index in [4.69, 9.17) is 23.2 Å². The second kappa shape index (κ2) is 4.64. The van der Waals surface area contributed by atoms with Crippen molar-refractivity contribution in [2.45, 2.75) is 42.4 Å². The highest BCUT2D eigenvalue weighted by atomic mass is 35.5. The smallest absolute Gasteiger partial charge is 0.229 e. The monoisotopic (exact) mass is 311 g/mol. The van der Waals surface area contributed by atoms with Crippen molar-refractivity contribution in [3.8, 4) is 0 Å². The normalized spacial score (nSPS) is 29.4. The Morgan fingerprint density at radius 3 is 2.30 bits per heavy atom. The third kappa shape index (κ3) is 2.14. The van der Waals surface area contributed by atoms with Crippen molar-refractivity contribution in [1.29, 1.82) is 0 Å². The average molecular weight is 312 g/mol. The van der Waals surface area contributed by atoms with E-state index in [-0.39, 0.29) is 11.3 Å². The zero-order chi connectivity index (χ0) is 14.4. The summed E-state index contributed by atoms with van der Waals surface area (Å²) >= 11 is 12.1. The molecule has 0 saturated heterocycles. The summed E-state index contributed by atoms with van der Waals surface area (Å²) in [6.45, 7) is 2.51. The molecular formula is C16H19Cl2NO. The molecule has 0 spiro atoms. The zero-order valence-electron chi connectivity index (χ0n) is 11.6. The van der Waals surface area contributed by atoms with Gasteiger partial charge in [-0.2, -0.15) is 0 Å². The van der Waals surface area contributed by atoms with Crippen LogP contribution in [0.2, 0.25) is 0 Å². The van der Waals surface area contributed by atoms with Crippen LogP contribution in [-0.4, -0.2) is 16.8 Å². The highest BCUT2D eigenvalue weighted by Crippen LogP contribution is 2.63. The molecule has 4 heteroatoms. The molecule has 2 saturated carbocycles. The number of rotatable bonds is 4. The number of hydrogen-bond acceptors (Lipinski definition) is 1. The van der Waals surface area contributed by atoms with E-state index in [2.05, 4.69) is 29.6 Å². The number of benzene rings is 1. The topological polar surface area (TPSA) is 29.1 Å². The minimum absolute atomic E-state index is 0.0234. The van der Waals surface area contributed by atoms with Crippen LogP contribution in [0.25, 0.3) is 0 Å². The first-order valence-corrected chi connectivity index (χ1v) is 7.87. The minimum Gasteiger partial charge on any atom is -0.355 e. The van der Waals surface area contributed by atoms with Crippen molar-refractivity contribution in [3.05, 3.63) is 35.9 Å². The maximum absolute atomic E-state index is 12.3. The highest BCUT2D eigenvalue weighted by Gasteiger charge is 2.68. The van der Waals surface area contributed by atoms with E-state index in [9.17, 15) is 4.79 Å². The number of carbonyl (C=O) groups excluding carboxylic acids is 1. The van der Waals surface area contributed by atoms with Crippen molar-refractivity contribution in [1.82, 2.24) is 5.32 Å². The molecule has 0 heterocycles. The van der Waals surface area contributed by atoms with E-state index < -0.39 is 9.75 Å². The Kier molecular flexibility index (Phi) is 3.30. The van der Waals surface area contributed by atoms with Gasteiger partial charge in [-0.05, 0) is 31.7 Å². The summed E-state index contributed by atoms with van der Waals surface area (Å²) in [7, 11) is 0. The number of amides is 1. The first-order chi connectivity index (χ1) is 9.40. The molecule has 0 aromatic heterocycles. The summed E-state index contributed by atoms with van der Waals surface area (Å²) in [5.74, 6) is -0.0234. The van der Waals surface area contributed by atoms with Crippen LogP contribution >= 0.6 is 23.2 Å². The Morgan fingerprint density at radius 2 is 1.85 bits per heavy atom. The van der Waals surface area contributed by atoms with Gasteiger partial charge in [-0.1, -0.05) is 36.8 Å². The quantitative estimate of drug-likeness (QED) is 0.842. The summed E-state index contributed by atoms with van der Waals surface area (Å²) in [6, 6.07) is 10.4. The van der Waals surface area contributed by atoms with Crippen molar-refractivity contribution < 1.29 is 4.79 Å². The largest absolute Gasteiger partial charge is 0.355 e. The predicted molar refractivity (Wildman–Crippen MR) is 82.1 cm³/mol. The van der Waals surface area contributed by atoms with E-state index in [0.29, 0.717) is 13.0 Å². The molecule has 2 fully saturated rings. The molecule has 1 aromatic carbocycles. The lowest BCUT2D eigenvalue weighted by Gasteiger charge is -2.43. The van der Waals surface area contributed by atoms with Gasteiger partial charge in [-0.25, -0.2) is 0 Å². The molecule has 2 aliphatic rings. The number of hydrogen-bond donors (Lipinski definition) is 1. The predicted octanol–water partition coefficient (Wildman–Crippen LogP) is 3.81. The lowest BCUT2D eigenvalue weighted by molar-refractivity contribution is -0.126. The van der Waals surface area contributed by atoms with E-state index in [1.54, 1.807) is 0 Å². The van der Waals surface area contributed by atoms with Gasteiger partial charge < -0.3 is 5.32 Å². The molecule has 2 nitrogen and oxygen atoms in total. The fourth-order valence-electron chi connectivity index (χ4n) is 3.05. The number of halogens is 2. The summed E-state index contributed by atoms with van der Waals surface area (Å²) in [5, 5.41) is 3.07. The van der Waals surface area contributed by atoms with Gasteiger partial charge >= 0.3 is 0 Å². The van der Waals surface area contributed by atoms with Gasteiger partial charge in [0.1, 0.15) is 4.33 Å². The second-order valence-electron chi connectivity index (χ2n) is 6.40. The molecule has 1 unspecified atom stereocenters. The molecule has 1 N–H and O–H groups in total. The maximum atomic E-state index is 12.3. The molecule has 108 valence electrons. The van der Waals surface area contributed by atoms with Gasteiger partial charge in [-0.3, -0.25) is 4.79 Å². The first-order valence-electron chi connectivity index (χ1n) is 7.11. The first kappa shape index (κ1) is 14.2. The molecule has 0 radical (unpaired) electrons. The van der Waals surface area contributed by atoms with Crippen LogP contribution in [0.3, 0.4) is 0 Å². The number of alkyl halides is 2. The number of carbonyl (C=O) groups is 1. The fraction of sp³-hybridized carbons (Fsp3) is 0.562. The molecule has 2 aliphatic carbocycles. The lowest BCUT2D eigenvalue weighted by Crippen LogP contribution is -2.47. The molecule has 1 amide bonds. The summed E-state index contributed by atoms with van der Waals surface area (Å²) in [4.78, 5) is 12.3. The van der Waals surface area contributed by atoms with Crippen LogP contribution in [-0.2, 0) is 10.2 Å². The van der Waals surface area contributed by atoms with Crippen LogP contribution in [0.5, 0.6) is 0 Å². The standard InChI is InChI=1S/C16H19Cl2NO/c1-14(10-16(14,17)18)13(20)19-11-15(8-5-9-15)12-6-3-2-4-7-12/h2-4,6-7H,5,8-11H2,1H3,(H,19,20). The third-order valence-corrected chi connectivity index (χ3v) is 6.14. The Morgan fingerprint density at radius 1 is 1.25 bits per heavy atom. The van der Waals surface area contributed by atoms with E-state index in [0.717, 1.165) is 12.8 Å². The average Bonchev–Trinajstić information content (AvgIpc) is 2.90. The van der Waals surface area contributed by atoms with Gasteiger partial charge in [0.2, 0.25) is 5.91 Å². The molecule has 0 aliphatic heterocycles. The van der Waals surface area contributed by atoms with Gasteiger partial charge in [0.25, 0.3) is 0 Å². The molecule has 0 bridgehead atoms. The molecule has 1 atom stereocenters. The van der Waals surface area contributed by atoms with Crippen LogP contribution in [0.4, 0.5) is 0 Å². The van der Waals surface area contributed by atoms with Gasteiger partial charge in [0.15, 0.2) is 0 Å². The Hall–Kier alpha value is -0.730. The fourth-order valence-corrected chi connectivity index (χ4v) is 3.76. The molecule has 1 aromatic rings.